The SMILES string of the molecule is COc1ccc2cc(C(=O)NCCN3CCOCC3)c(C)nc2c1. The minimum atomic E-state index is -0.0778. The first-order valence-electron chi connectivity index (χ1n) is 8.21. The van der Waals surface area contributed by atoms with Crippen LogP contribution in [0.4, 0.5) is 0 Å². The van der Waals surface area contributed by atoms with Gasteiger partial charge in [0.1, 0.15) is 5.75 Å². The van der Waals surface area contributed by atoms with Crippen LogP contribution in [0.5, 0.6) is 5.75 Å². The van der Waals surface area contributed by atoms with Crippen LogP contribution in [0, 0.1) is 6.92 Å². The normalized spacial score (nSPS) is 15.4. The molecule has 2 heterocycles. The lowest BCUT2D eigenvalue weighted by atomic mass is 10.1. The van der Waals surface area contributed by atoms with Gasteiger partial charge in [-0.15, -0.1) is 0 Å². The molecule has 1 aromatic carbocycles. The molecule has 0 spiro atoms. The molecule has 0 aliphatic carbocycles. The van der Waals surface area contributed by atoms with Gasteiger partial charge in [0.15, 0.2) is 0 Å². The number of carbonyl (C=O) groups excluding carboxylic acids is 1. The van der Waals surface area contributed by atoms with Gasteiger partial charge in [-0.1, -0.05) is 0 Å². The highest BCUT2D eigenvalue weighted by Crippen LogP contribution is 2.21. The van der Waals surface area contributed by atoms with E-state index in [2.05, 4.69) is 15.2 Å². The van der Waals surface area contributed by atoms with Gasteiger partial charge in [-0.3, -0.25) is 14.7 Å². The zero-order chi connectivity index (χ0) is 16.9. The van der Waals surface area contributed by atoms with E-state index < -0.39 is 0 Å². The van der Waals surface area contributed by atoms with E-state index in [0.29, 0.717) is 12.1 Å². The molecular weight excluding hydrogens is 306 g/mol. The fourth-order valence-electron chi connectivity index (χ4n) is 2.85. The van der Waals surface area contributed by atoms with Crippen LogP contribution in [0.15, 0.2) is 24.3 Å². The third-order valence-corrected chi connectivity index (χ3v) is 4.28. The number of pyridine rings is 1. The number of ether oxygens (including phenoxy) is 2. The molecule has 0 unspecified atom stereocenters. The van der Waals surface area contributed by atoms with Crippen molar-refractivity contribution in [3.8, 4) is 5.75 Å². The number of methoxy groups -OCH3 is 1. The second-order valence-electron chi connectivity index (χ2n) is 5.89. The standard InChI is InChI=1S/C18H23N3O3/c1-13-16(11-14-3-4-15(23-2)12-17(14)20-13)18(22)19-5-6-21-7-9-24-10-8-21/h3-4,11-12H,5-10H2,1-2H3,(H,19,22). The van der Waals surface area contributed by atoms with E-state index >= 15 is 0 Å². The van der Waals surface area contributed by atoms with Gasteiger partial charge in [-0.2, -0.15) is 0 Å². The predicted octanol–water partition coefficient (Wildman–Crippen LogP) is 1.61. The zero-order valence-corrected chi connectivity index (χ0v) is 14.2. The van der Waals surface area contributed by atoms with Gasteiger partial charge in [0, 0.05) is 37.6 Å². The summed E-state index contributed by atoms with van der Waals surface area (Å²) in [5, 5.41) is 3.92. The number of aryl methyl sites for hydroxylation is 1. The maximum absolute atomic E-state index is 12.5. The van der Waals surface area contributed by atoms with E-state index in [1.54, 1.807) is 7.11 Å². The molecule has 128 valence electrons. The first-order valence-corrected chi connectivity index (χ1v) is 8.21. The van der Waals surface area contributed by atoms with Gasteiger partial charge in [0.25, 0.3) is 5.91 Å². The number of fused-ring (bicyclic) bond motifs is 1. The van der Waals surface area contributed by atoms with Crippen LogP contribution in [0.3, 0.4) is 0 Å². The lowest BCUT2D eigenvalue weighted by Crippen LogP contribution is -2.41. The summed E-state index contributed by atoms with van der Waals surface area (Å²) in [6.07, 6.45) is 0. The van der Waals surface area contributed by atoms with Crippen molar-refractivity contribution in [2.75, 3.05) is 46.5 Å². The summed E-state index contributed by atoms with van der Waals surface area (Å²) in [5.41, 5.74) is 2.17. The molecule has 2 aromatic rings. The molecule has 6 heteroatoms. The van der Waals surface area contributed by atoms with Crippen molar-refractivity contribution in [2.24, 2.45) is 0 Å². The summed E-state index contributed by atoms with van der Waals surface area (Å²) in [6.45, 7) is 6.71. The Balaban J connectivity index is 1.66. The third-order valence-electron chi connectivity index (χ3n) is 4.28. The van der Waals surface area contributed by atoms with Crippen LogP contribution in [0.1, 0.15) is 16.1 Å². The van der Waals surface area contributed by atoms with E-state index in [9.17, 15) is 4.79 Å². The molecule has 24 heavy (non-hydrogen) atoms. The first kappa shape index (κ1) is 16.7. The molecule has 3 rings (SSSR count). The molecule has 0 saturated carbocycles. The summed E-state index contributed by atoms with van der Waals surface area (Å²) < 4.78 is 10.5. The predicted molar refractivity (Wildman–Crippen MR) is 92.6 cm³/mol. The monoisotopic (exact) mass is 329 g/mol. The summed E-state index contributed by atoms with van der Waals surface area (Å²) in [5.74, 6) is 0.683. The Labute approximate surface area is 141 Å². The number of nitrogens with zero attached hydrogens (tertiary/aromatic N) is 2. The first-order chi connectivity index (χ1) is 11.7. The molecule has 6 nitrogen and oxygen atoms in total. The highest BCUT2D eigenvalue weighted by Gasteiger charge is 2.14. The Kier molecular flexibility index (Phi) is 5.27. The summed E-state index contributed by atoms with van der Waals surface area (Å²) >= 11 is 0. The Morgan fingerprint density at radius 1 is 1.33 bits per heavy atom. The van der Waals surface area contributed by atoms with Crippen molar-refractivity contribution in [3.63, 3.8) is 0 Å². The molecule has 1 N–H and O–H groups in total. The van der Waals surface area contributed by atoms with Crippen LogP contribution in [0.2, 0.25) is 0 Å². The number of hydrogen-bond donors (Lipinski definition) is 1. The van der Waals surface area contributed by atoms with Crippen molar-refractivity contribution in [3.05, 3.63) is 35.5 Å². The average molecular weight is 329 g/mol. The van der Waals surface area contributed by atoms with Gasteiger partial charge < -0.3 is 14.8 Å². The van der Waals surface area contributed by atoms with Crippen LogP contribution < -0.4 is 10.1 Å². The molecule has 0 bridgehead atoms. The average Bonchev–Trinajstić information content (AvgIpc) is 2.61. The molecule has 0 radical (unpaired) electrons. The molecule has 1 aromatic heterocycles. The topological polar surface area (TPSA) is 63.7 Å². The number of carbonyl (C=O) groups is 1. The lowest BCUT2D eigenvalue weighted by Gasteiger charge is -2.26. The molecule has 1 saturated heterocycles. The minimum Gasteiger partial charge on any atom is -0.497 e. The van der Waals surface area contributed by atoms with Crippen molar-refractivity contribution >= 4 is 16.8 Å². The number of benzene rings is 1. The quantitative estimate of drug-likeness (QED) is 0.903. The van der Waals surface area contributed by atoms with Crippen molar-refractivity contribution in [1.29, 1.82) is 0 Å². The summed E-state index contributed by atoms with van der Waals surface area (Å²) in [4.78, 5) is 19.3. The fourth-order valence-corrected chi connectivity index (χ4v) is 2.85. The zero-order valence-electron chi connectivity index (χ0n) is 14.2. The van der Waals surface area contributed by atoms with Gasteiger partial charge >= 0.3 is 0 Å². The van der Waals surface area contributed by atoms with Crippen molar-refractivity contribution in [2.45, 2.75) is 6.92 Å². The lowest BCUT2D eigenvalue weighted by molar-refractivity contribution is 0.0383. The molecule has 0 atom stereocenters. The molecular formula is C18H23N3O3. The second kappa shape index (κ2) is 7.59. The van der Waals surface area contributed by atoms with Gasteiger partial charge in [0.2, 0.25) is 0 Å². The van der Waals surface area contributed by atoms with Crippen LogP contribution in [-0.4, -0.2) is 62.3 Å². The van der Waals surface area contributed by atoms with E-state index in [0.717, 1.165) is 55.2 Å². The largest absolute Gasteiger partial charge is 0.497 e. The fraction of sp³-hybridized carbons (Fsp3) is 0.444. The maximum Gasteiger partial charge on any atom is 0.253 e. The second-order valence-corrected chi connectivity index (χ2v) is 5.89. The Bertz CT molecular complexity index is 727. The Hall–Kier alpha value is -2.18. The van der Waals surface area contributed by atoms with E-state index in [4.69, 9.17) is 9.47 Å². The molecule has 1 amide bonds. The van der Waals surface area contributed by atoms with E-state index in [-0.39, 0.29) is 5.91 Å². The molecule has 1 aliphatic rings. The Morgan fingerprint density at radius 3 is 2.88 bits per heavy atom. The smallest absolute Gasteiger partial charge is 0.253 e. The number of nitrogens with one attached hydrogen (secondary N) is 1. The van der Waals surface area contributed by atoms with Crippen LogP contribution >= 0.6 is 0 Å². The van der Waals surface area contributed by atoms with Gasteiger partial charge in [-0.25, -0.2) is 0 Å². The van der Waals surface area contributed by atoms with Crippen molar-refractivity contribution < 1.29 is 14.3 Å². The number of rotatable bonds is 5. The minimum absolute atomic E-state index is 0.0778. The Morgan fingerprint density at radius 2 is 2.12 bits per heavy atom. The van der Waals surface area contributed by atoms with Gasteiger partial charge in [-0.05, 0) is 25.1 Å². The van der Waals surface area contributed by atoms with Crippen LogP contribution in [-0.2, 0) is 4.74 Å². The van der Waals surface area contributed by atoms with Crippen molar-refractivity contribution in [1.82, 2.24) is 15.2 Å². The molecule has 1 aliphatic heterocycles. The highest BCUT2D eigenvalue weighted by molar-refractivity contribution is 5.98. The highest BCUT2D eigenvalue weighted by atomic mass is 16.5. The van der Waals surface area contributed by atoms with Crippen LogP contribution in [0.25, 0.3) is 10.9 Å². The number of morpholine rings is 1. The third kappa shape index (κ3) is 3.83. The van der Waals surface area contributed by atoms with E-state index in [1.165, 1.54) is 0 Å². The summed E-state index contributed by atoms with van der Waals surface area (Å²) in [7, 11) is 1.63. The van der Waals surface area contributed by atoms with E-state index in [1.807, 2.05) is 31.2 Å². The number of amides is 1. The molecule has 1 fully saturated rings. The number of hydrogen-bond acceptors (Lipinski definition) is 5. The summed E-state index contributed by atoms with van der Waals surface area (Å²) in [6, 6.07) is 7.56. The van der Waals surface area contributed by atoms with Gasteiger partial charge in [0.05, 0.1) is 37.1 Å². The maximum atomic E-state index is 12.5. The number of aromatic nitrogens is 1.